The molecule has 0 fully saturated rings. The van der Waals surface area contributed by atoms with Crippen LogP contribution in [0.2, 0.25) is 0 Å². The Morgan fingerprint density at radius 3 is 2.93 bits per heavy atom. The molecule has 1 atom stereocenters. The van der Waals surface area contributed by atoms with Crippen LogP contribution in [0.25, 0.3) is 5.69 Å². The summed E-state index contributed by atoms with van der Waals surface area (Å²) in [5, 5.41) is 19.1. The maximum atomic E-state index is 10.0. The predicted molar refractivity (Wildman–Crippen MR) is 102 cm³/mol. The number of aliphatic hydroxyl groups excluding tert-OH is 1. The zero-order valence-electron chi connectivity index (χ0n) is 15.7. The van der Waals surface area contributed by atoms with Gasteiger partial charge in [0, 0.05) is 31.4 Å². The van der Waals surface area contributed by atoms with Gasteiger partial charge in [-0.2, -0.15) is 10.2 Å². The molecule has 0 saturated heterocycles. The van der Waals surface area contributed by atoms with E-state index in [4.69, 9.17) is 4.74 Å². The molecule has 0 amide bonds. The summed E-state index contributed by atoms with van der Waals surface area (Å²) in [7, 11) is 1.67. The minimum Gasteiger partial charge on any atom is -0.494 e. The Balaban J connectivity index is 1.46. The van der Waals surface area contributed by atoms with E-state index in [1.165, 1.54) is 0 Å². The average molecular weight is 367 g/mol. The molecule has 142 valence electrons. The van der Waals surface area contributed by atoms with Gasteiger partial charge in [0.2, 0.25) is 0 Å². The number of nitrogens with zero attached hydrogens (tertiary/aromatic N) is 5. The van der Waals surface area contributed by atoms with Gasteiger partial charge in [-0.25, -0.2) is 4.68 Å². The van der Waals surface area contributed by atoms with E-state index >= 15 is 0 Å². The van der Waals surface area contributed by atoms with Crippen molar-refractivity contribution in [1.82, 2.24) is 24.5 Å². The number of methoxy groups -OCH3 is 1. The Hall–Kier alpha value is -2.64. The monoisotopic (exact) mass is 367 g/mol. The first kappa shape index (κ1) is 17.8. The number of hydrogen-bond acceptors (Lipinski definition) is 5. The molecular formula is C20H25N5O2. The molecule has 4 rings (SSSR count). The summed E-state index contributed by atoms with van der Waals surface area (Å²) in [6, 6.07) is 9.89. The van der Waals surface area contributed by atoms with Crippen molar-refractivity contribution in [3.05, 3.63) is 59.7 Å². The van der Waals surface area contributed by atoms with Gasteiger partial charge in [-0.3, -0.25) is 9.58 Å². The summed E-state index contributed by atoms with van der Waals surface area (Å²) in [4.78, 5) is 2.38. The number of ether oxygens (including phenoxy) is 1. The van der Waals surface area contributed by atoms with E-state index in [0.29, 0.717) is 6.42 Å². The molecule has 0 radical (unpaired) electrons. The van der Waals surface area contributed by atoms with Gasteiger partial charge in [0.05, 0.1) is 37.3 Å². The number of rotatable bonds is 6. The van der Waals surface area contributed by atoms with Gasteiger partial charge in [0.25, 0.3) is 0 Å². The van der Waals surface area contributed by atoms with E-state index in [1.54, 1.807) is 7.11 Å². The highest BCUT2D eigenvalue weighted by Gasteiger charge is 2.21. The van der Waals surface area contributed by atoms with E-state index in [0.717, 1.165) is 54.6 Å². The average Bonchev–Trinajstić information content (AvgIpc) is 3.34. The summed E-state index contributed by atoms with van der Waals surface area (Å²) in [6.45, 7) is 5.38. The Bertz CT molecular complexity index is 917. The van der Waals surface area contributed by atoms with Gasteiger partial charge >= 0.3 is 0 Å². The van der Waals surface area contributed by atoms with Crippen LogP contribution in [0, 0.1) is 0 Å². The maximum Gasteiger partial charge on any atom is 0.144 e. The largest absolute Gasteiger partial charge is 0.494 e. The summed E-state index contributed by atoms with van der Waals surface area (Å²) in [6.07, 6.45) is 4.17. The van der Waals surface area contributed by atoms with E-state index < -0.39 is 6.10 Å². The quantitative estimate of drug-likeness (QED) is 0.725. The van der Waals surface area contributed by atoms with Crippen molar-refractivity contribution >= 4 is 0 Å². The Kier molecular flexibility index (Phi) is 4.96. The second kappa shape index (κ2) is 7.54. The number of para-hydroxylation sites is 2. The molecule has 1 aliphatic rings. The summed E-state index contributed by atoms with van der Waals surface area (Å²) in [5.74, 6) is 0.802. The molecule has 0 spiro atoms. The highest BCUT2D eigenvalue weighted by Crippen LogP contribution is 2.23. The molecule has 7 nitrogen and oxygen atoms in total. The molecule has 0 aliphatic carbocycles. The van der Waals surface area contributed by atoms with Crippen molar-refractivity contribution < 1.29 is 9.84 Å². The molecule has 7 heteroatoms. The molecule has 3 aromatic rings. The third kappa shape index (κ3) is 3.61. The second-order valence-corrected chi connectivity index (χ2v) is 6.88. The molecule has 0 saturated carbocycles. The van der Waals surface area contributed by atoms with Crippen molar-refractivity contribution in [3.8, 4) is 11.4 Å². The molecule has 0 bridgehead atoms. The number of fused-ring (bicyclic) bond motifs is 1. The van der Waals surface area contributed by atoms with Gasteiger partial charge in [-0.15, -0.1) is 0 Å². The molecule has 3 heterocycles. The van der Waals surface area contributed by atoms with E-state index in [1.807, 2.05) is 52.8 Å². The van der Waals surface area contributed by atoms with Crippen LogP contribution in [0.4, 0.5) is 0 Å². The third-order valence-corrected chi connectivity index (χ3v) is 5.00. The lowest BCUT2D eigenvalue weighted by atomic mass is 10.2. The molecule has 0 unspecified atom stereocenters. The van der Waals surface area contributed by atoms with Gasteiger partial charge in [-0.1, -0.05) is 19.1 Å². The lowest BCUT2D eigenvalue weighted by molar-refractivity contribution is 0.166. The molecule has 1 aliphatic heterocycles. The zero-order valence-corrected chi connectivity index (χ0v) is 15.7. The Morgan fingerprint density at radius 2 is 2.11 bits per heavy atom. The van der Waals surface area contributed by atoms with Gasteiger partial charge in [-0.05, 0) is 24.6 Å². The lowest BCUT2D eigenvalue weighted by Gasteiger charge is -2.26. The summed E-state index contributed by atoms with van der Waals surface area (Å²) in [5.41, 5.74) is 4.02. The first-order valence-electron chi connectivity index (χ1n) is 9.32. The van der Waals surface area contributed by atoms with E-state index in [9.17, 15) is 5.11 Å². The normalized spacial score (nSPS) is 15.5. The van der Waals surface area contributed by atoms with Crippen molar-refractivity contribution in [1.29, 1.82) is 0 Å². The molecule has 1 aromatic carbocycles. The molecule has 27 heavy (non-hydrogen) atoms. The smallest absolute Gasteiger partial charge is 0.144 e. The van der Waals surface area contributed by atoms with Crippen molar-refractivity contribution in [2.45, 2.75) is 39.1 Å². The number of aromatic nitrogens is 4. The molecular weight excluding hydrogens is 342 g/mol. The Labute approximate surface area is 158 Å². The van der Waals surface area contributed by atoms with Gasteiger partial charge in [0.15, 0.2) is 0 Å². The number of benzene rings is 1. The van der Waals surface area contributed by atoms with Crippen LogP contribution < -0.4 is 4.74 Å². The van der Waals surface area contributed by atoms with Crippen molar-refractivity contribution in [2.75, 3.05) is 13.7 Å². The number of hydrogen-bond donors (Lipinski definition) is 1. The van der Waals surface area contributed by atoms with Crippen LogP contribution in [0.1, 0.15) is 36.4 Å². The van der Waals surface area contributed by atoms with Crippen molar-refractivity contribution in [2.24, 2.45) is 0 Å². The maximum absolute atomic E-state index is 10.0. The second-order valence-electron chi connectivity index (χ2n) is 6.88. The minimum atomic E-state index is -0.476. The van der Waals surface area contributed by atoms with Crippen LogP contribution in [0.5, 0.6) is 5.75 Å². The summed E-state index contributed by atoms with van der Waals surface area (Å²) < 4.78 is 9.30. The van der Waals surface area contributed by atoms with Crippen LogP contribution in [-0.2, 0) is 19.6 Å². The zero-order chi connectivity index (χ0) is 18.8. The SMILES string of the molecule is CC[C@H](O)c1cc2n(n1)CCN(Cc1cnn(-c3ccccc3OC)c1)C2. The van der Waals surface area contributed by atoms with E-state index in [2.05, 4.69) is 21.3 Å². The Morgan fingerprint density at radius 1 is 1.26 bits per heavy atom. The van der Waals surface area contributed by atoms with Crippen LogP contribution in [0.15, 0.2) is 42.7 Å². The molecule has 1 N–H and O–H groups in total. The fraction of sp³-hybridized carbons (Fsp3) is 0.400. The summed E-state index contributed by atoms with van der Waals surface area (Å²) >= 11 is 0. The first-order chi connectivity index (χ1) is 13.2. The lowest BCUT2D eigenvalue weighted by Crippen LogP contribution is -2.33. The standard InChI is InChI=1S/C20H25N5O2/c1-3-19(26)17-10-16-14-23(8-9-24(16)22-17)12-15-11-21-25(13-15)18-6-4-5-7-20(18)27-2/h4-7,10-11,13,19,26H,3,8-9,12,14H2,1-2H3/t19-/m0/s1. The topological polar surface area (TPSA) is 68.3 Å². The highest BCUT2D eigenvalue weighted by atomic mass is 16.5. The third-order valence-electron chi connectivity index (χ3n) is 5.00. The van der Waals surface area contributed by atoms with Crippen LogP contribution >= 0.6 is 0 Å². The number of aliphatic hydroxyl groups is 1. The fourth-order valence-electron chi connectivity index (χ4n) is 3.50. The van der Waals surface area contributed by atoms with Gasteiger partial charge in [0.1, 0.15) is 11.4 Å². The predicted octanol–water partition coefficient (Wildman–Crippen LogP) is 2.54. The van der Waals surface area contributed by atoms with Gasteiger partial charge < -0.3 is 9.84 Å². The fourth-order valence-corrected chi connectivity index (χ4v) is 3.50. The first-order valence-corrected chi connectivity index (χ1v) is 9.32. The minimum absolute atomic E-state index is 0.476. The van der Waals surface area contributed by atoms with Crippen molar-refractivity contribution in [3.63, 3.8) is 0 Å². The van der Waals surface area contributed by atoms with Crippen LogP contribution in [0.3, 0.4) is 0 Å². The molecule has 2 aromatic heterocycles. The van der Waals surface area contributed by atoms with Crippen LogP contribution in [-0.4, -0.2) is 43.2 Å². The van der Waals surface area contributed by atoms with E-state index in [-0.39, 0.29) is 0 Å². The highest BCUT2D eigenvalue weighted by molar-refractivity contribution is 5.46.